The summed E-state index contributed by atoms with van der Waals surface area (Å²) in [6, 6.07) is 10.2. The first-order chi connectivity index (χ1) is 9.24. The predicted octanol–water partition coefficient (Wildman–Crippen LogP) is 4.45. The normalized spacial score (nSPS) is 27.1. The van der Waals surface area contributed by atoms with E-state index in [9.17, 15) is 0 Å². The van der Waals surface area contributed by atoms with Gasteiger partial charge in [0.25, 0.3) is 0 Å². The lowest BCUT2D eigenvalue weighted by atomic mass is 9.69. The number of rotatable bonds is 5. The Kier molecular flexibility index (Phi) is 3.93. The molecule has 0 radical (unpaired) electrons. The van der Waals surface area contributed by atoms with Crippen molar-refractivity contribution >= 4 is 0 Å². The van der Waals surface area contributed by atoms with Crippen LogP contribution in [0, 0.1) is 5.92 Å². The fourth-order valence-electron chi connectivity index (χ4n) is 3.40. The van der Waals surface area contributed by atoms with Crippen molar-refractivity contribution in [2.24, 2.45) is 5.92 Å². The van der Waals surface area contributed by atoms with E-state index < -0.39 is 0 Å². The van der Waals surface area contributed by atoms with E-state index in [0.717, 1.165) is 17.8 Å². The molecule has 0 saturated heterocycles. The van der Waals surface area contributed by atoms with Crippen molar-refractivity contribution in [3.8, 4) is 0 Å². The zero-order valence-electron chi connectivity index (χ0n) is 12.4. The first kappa shape index (κ1) is 13.2. The molecule has 104 valence electrons. The second-order valence-corrected chi connectivity index (χ2v) is 6.80. The average molecular weight is 257 g/mol. The molecule has 0 aromatic heterocycles. The molecular weight excluding hydrogens is 230 g/mol. The van der Waals surface area contributed by atoms with Gasteiger partial charge in [-0.2, -0.15) is 0 Å². The van der Waals surface area contributed by atoms with Gasteiger partial charge in [0, 0.05) is 6.04 Å². The molecular formula is C18H27N. The molecule has 0 spiro atoms. The van der Waals surface area contributed by atoms with Gasteiger partial charge < -0.3 is 5.32 Å². The molecule has 2 saturated carbocycles. The summed E-state index contributed by atoms with van der Waals surface area (Å²) in [5.41, 5.74) is 3.15. The first-order valence-corrected chi connectivity index (χ1v) is 8.07. The molecule has 2 fully saturated rings. The van der Waals surface area contributed by atoms with Crippen LogP contribution in [0.15, 0.2) is 24.3 Å². The van der Waals surface area contributed by atoms with Crippen LogP contribution in [0.5, 0.6) is 0 Å². The highest BCUT2D eigenvalue weighted by Crippen LogP contribution is 2.43. The van der Waals surface area contributed by atoms with Gasteiger partial charge in [-0.15, -0.1) is 0 Å². The van der Waals surface area contributed by atoms with Crippen molar-refractivity contribution in [2.75, 3.05) is 6.54 Å². The highest BCUT2D eigenvalue weighted by atomic mass is 14.9. The van der Waals surface area contributed by atoms with Gasteiger partial charge >= 0.3 is 0 Å². The van der Waals surface area contributed by atoms with Gasteiger partial charge in [0.2, 0.25) is 0 Å². The molecule has 2 atom stereocenters. The maximum atomic E-state index is 3.60. The summed E-state index contributed by atoms with van der Waals surface area (Å²) in [4.78, 5) is 0. The second kappa shape index (κ2) is 5.66. The van der Waals surface area contributed by atoms with Gasteiger partial charge in [-0.05, 0) is 61.1 Å². The molecule has 19 heavy (non-hydrogen) atoms. The summed E-state index contributed by atoms with van der Waals surface area (Å²) in [6.07, 6.45) is 7.02. The molecule has 0 aliphatic heterocycles. The van der Waals surface area contributed by atoms with E-state index in [1.165, 1.54) is 38.6 Å². The fourth-order valence-corrected chi connectivity index (χ4v) is 3.40. The van der Waals surface area contributed by atoms with Gasteiger partial charge in [-0.3, -0.25) is 0 Å². The van der Waals surface area contributed by atoms with Crippen LogP contribution in [0.1, 0.15) is 68.9 Å². The van der Waals surface area contributed by atoms with Crippen LogP contribution >= 0.6 is 0 Å². The Bertz CT molecular complexity index is 402. The summed E-state index contributed by atoms with van der Waals surface area (Å²) in [6.45, 7) is 5.66. The first-order valence-electron chi connectivity index (χ1n) is 8.07. The van der Waals surface area contributed by atoms with E-state index in [1.54, 1.807) is 11.1 Å². The molecule has 2 aliphatic rings. The summed E-state index contributed by atoms with van der Waals surface area (Å²) in [5.74, 6) is 2.53. The highest BCUT2D eigenvalue weighted by molar-refractivity contribution is 5.30. The number of hydrogen-bond donors (Lipinski definition) is 1. The molecule has 1 aromatic rings. The molecule has 1 aromatic carbocycles. The van der Waals surface area contributed by atoms with E-state index >= 15 is 0 Å². The lowest BCUT2D eigenvalue weighted by Crippen LogP contribution is -2.36. The SMILES string of the molecule is CC(C)NCC1CCC1c1ccc(C2CCC2)cc1. The van der Waals surface area contributed by atoms with Crippen molar-refractivity contribution in [3.63, 3.8) is 0 Å². The minimum absolute atomic E-state index is 0.613. The Morgan fingerprint density at radius 2 is 1.68 bits per heavy atom. The predicted molar refractivity (Wildman–Crippen MR) is 81.6 cm³/mol. The third-order valence-electron chi connectivity index (χ3n) is 5.15. The van der Waals surface area contributed by atoms with Crippen LogP contribution in [-0.2, 0) is 0 Å². The Balaban J connectivity index is 1.59. The minimum Gasteiger partial charge on any atom is -0.314 e. The molecule has 1 nitrogen and oxygen atoms in total. The Morgan fingerprint density at radius 3 is 2.16 bits per heavy atom. The lowest BCUT2D eigenvalue weighted by molar-refractivity contribution is 0.240. The van der Waals surface area contributed by atoms with Gasteiger partial charge in [-0.1, -0.05) is 44.5 Å². The Morgan fingerprint density at radius 1 is 1.00 bits per heavy atom. The Hall–Kier alpha value is -0.820. The average Bonchev–Trinajstić information content (AvgIpc) is 2.27. The fraction of sp³-hybridized carbons (Fsp3) is 0.667. The molecule has 1 heteroatoms. The van der Waals surface area contributed by atoms with Gasteiger partial charge in [-0.25, -0.2) is 0 Å². The van der Waals surface area contributed by atoms with E-state index in [-0.39, 0.29) is 0 Å². The molecule has 0 amide bonds. The smallest absolute Gasteiger partial charge is 0.00104 e. The topological polar surface area (TPSA) is 12.0 Å². The third-order valence-corrected chi connectivity index (χ3v) is 5.15. The van der Waals surface area contributed by atoms with Crippen LogP contribution in [0.25, 0.3) is 0 Å². The number of nitrogens with one attached hydrogen (secondary N) is 1. The van der Waals surface area contributed by atoms with Crippen molar-refractivity contribution in [1.29, 1.82) is 0 Å². The van der Waals surface area contributed by atoms with E-state index in [1.807, 2.05) is 0 Å². The summed E-state index contributed by atoms with van der Waals surface area (Å²) in [5, 5.41) is 3.60. The number of benzene rings is 1. The van der Waals surface area contributed by atoms with Crippen LogP contribution < -0.4 is 5.32 Å². The third kappa shape index (κ3) is 2.86. The van der Waals surface area contributed by atoms with Crippen LogP contribution in [0.3, 0.4) is 0 Å². The van der Waals surface area contributed by atoms with E-state index in [4.69, 9.17) is 0 Å². The van der Waals surface area contributed by atoms with Gasteiger partial charge in [0.05, 0.1) is 0 Å². The van der Waals surface area contributed by atoms with Crippen LogP contribution in [-0.4, -0.2) is 12.6 Å². The van der Waals surface area contributed by atoms with Crippen molar-refractivity contribution < 1.29 is 0 Å². The summed E-state index contributed by atoms with van der Waals surface area (Å²) < 4.78 is 0. The van der Waals surface area contributed by atoms with Crippen LogP contribution in [0.4, 0.5) is 0 Å². The molecule has 0 bridgehead atoms. The standard InChI is InChI=1S/C18H27N/c1-13(2)19-12-17-10-11-18(17)16-8-6-15(7-9-16)14-4-3-5-14/h6-9,13-14,17-19H,3-5,10-12H2,1-2H3. The maximum absolute atomic E-state index is 3.60. The molecule has 2 unspecified atom stereocenters. The maximum Gasteiger partial charge on any atom is 0.00104 e. The number of hydrogen-bond acceptors (Lipinski definition) is 1. The van der Waals surface area contributed by atoms with Crippen molar-refractivity contribution in [2.45, 2.75) is 63.8 Å². The Labute approximate surface area is 117 Å². The van der Waals surface area contributed by atoms with Gasteiger partial charge in [0.1, 0.15) is 0 Å². The quantitative estimate of drug-likeness (QED) is 0.822. The molecule has 1 N–H and O–H groups in total. The van der Waals surface area contributed by atoms with Crippen molar-refractivity contribution in [1.82, 2.24) is 5.32 Å². The molecule has 2 aliphatic carbocycles. The highest BCUT2D eigenvalue weighted by Gasteiger charge is 2.31. The summed E-state index contributed by atoms with van der Waals surface area (Å²) in [7, 11) is 0. The molecule has 3 rings (SSSR count). The minimum atomic E-state index is 0.613. The van der Waals surface area contributed by atoms with E-state index in [2.05, 4.69) is 43.4 Å². The largest absolute Gasteiger partial charge is 0.314 e. The zero-order chi connectivity index (χ0) is 13.2. The summed E-state index contributed by atoms with van der Waals surface area (Å²) >= 11 is 0. The second-order valence-electron chi connectivity index (χ2n) is 6.80. The van der Waals surface area contributed by atoms with Crippen LogP contribution in [0.2, 0.25) is 0 Å². The van der Waals surface area contributed by atoms with Crippen molar-refractivity contribution in [3.05, 3.63) is 35.4 Å². The monoisotopic (exact) mass is 257 g/mol. The molecule has 0 heterocycles. The van der Waals surface area contributed by atoms with Gasteiger partial charge in [0.15, 0.2) is 0 Å². The zero-order valence-corrected chi connectivity index (χ0v) is 12.4. The lowest BCUT2D eigenvalue weighted by Gasteiger charge is -2.38. The van der Waals surface area contributed by atoms with E-state index in [0.29, 0.717) is 6.04 Å².